The summed E-state index contributed by atoms with van der Waals surface area (Å²) in [7, 11) is 0. The number of rotatable bonds is 7. The molecule has 1 amide bonds. The van der Waals surface area contributed by atoms with E-state index in [0.717, 1.165) is 24.1 Å². The molecule has 1 heterocycles. The van der Waals surface area contributed by atoms with E-state index in [1.165, 1.54) is 12.1 Å². The Morgan fingerprint density at radius 2 is 2.00 bits per heavy atom. The first-order valence-electron chi connectivity index (χ1n) is 7.61. The summed E-state index contributed by atoms with van der Waals surface area (Å²) in [5.74, 6) is -0.138. The maximum absolute atomic E-state index is 13.0. The van der Waals surface area contributed by atoms with Crippen molar-refractivity contribution in [3.05, 3.63) is 65.7 Å². The van der Waals surface area contributed by atoms with Gasteiger partial charge in [-0.25, -0.2) is 4.39 Å². The Balaban J connectivity index is 1.92. The van der Waals surface area contributed by atoms with Gasteiger partial charge in [-0.15, -0.1) is 0 Å². The molecule has 0 saturated carbocycles. The first kappa shape index (κ1) is 16.1. The van der Waals surface area contributed by atoms with Gasteiger partial charge in [-0.2, -0.15) is 0 Å². The summed E-state index contributed by atoms with van der Waals surface area (Å²) in [6, 6.07) is 12.0. The van der Waals surface area contributed by atoms with E-state index in [-0.39, 0.29) is 17.6 Å². The Hall–Kier alpha value is -2.23. The van der Waals surface area contributed by atoms with Gasteiger partial charge in [0.1, 0.15) is 5.82 Å². The largest absolute Gasteiger partial charge is 0.350 e. The molecule has 1 aromatic carbocycles. The van der Waals surface area contributed by atoms with Gasteiger partial charge in [0, 0.05) is 12.6 Å². The van der Waals surface area contributed by atoms with E-state index in [9.17, 15) is 9.18 Å². The van der Waals surface area contributed by atoms with Gasteiger partial charge in [0.25, 0.3) is 0 Å². The average Bonchev–Trinajstić information content (AvgIpc) is 2.54. The lowest BCUT2D eigenvalue weighted by molar-refractivity contribution is -0.121. The van der Waals surface area contributed by atoms with Gasteiger partial charge in [-0.05, 0) is 42.2 Å². The Morgan fingerprint density at radius 3 is 2.64 bits per heavy atom. The Morgan fingerprint density at radius 1 is 1.23 bits per heavy atom. The van der Waals surface area contributed by atoms with E-state index >= 15 is 0 Å². The maximum atomic E-state index is 13.0. The fourth-order valence-electron chi connectivity index (χ4n) is 2.46. The van der Waals surface area contributed by atoms with Crippen LogP contribution in [0.2, 0.25) is 0 Å². The van der Waals surface area contributed by atoms with E-state index in [0.29, 0.717) is 13.0 Å². The number of nitrogens with zero attached hydrogens (tertiary/aromatic N) is 1. The molecule has 0 aliphatic rings. The molecule has 1 N–H and O–H groups in total. The predicted octanol–water partition coefficient (Wildman–Crippen LogP) is 3.81. The number of carbonyl (C=O) groups is 1. The van der Waals surface area contributed by atoms with Crippen LogP contribution in [0.5, 0.6) is 0 Å². The van der Waals surface area contributed by atoms with Gasteiger partial charge in [0.15, 0.2) is 0 Å². The van der Waals surface area contributed by atoms with Crippen molar-refractivity contribution >= 4 is 5.91 Å². The number of amides is 1. The fraction of sp³-hybridized carbons (Fsp3) is 0.333. The lowest BCUT2D eigenvalue weighted by Gasteiger charge is -2.16. The second-order valence-electron chi connectivity index (χ2n) is 5.34. The molecule has 1 unspecified atom stereocenters. The predicted molar refractivity (Wildman–Crippen MR) is 84.7 cm³/mol. The van der Waals surface area contributed by atoms with Crippen molar-refractivity contribution < 1.29 is 9.18 Å². The van der Waals surface area contributed by atoms with Crippen LogP contribution in [0.15, 0.2) is 48.7 Å². The second-order valence-corrected chi connectivity index (χ2v) is 5.34. The average molecular weight is 300 g/mol. The number of benzene rings is 1. The van der Waals surface area contributed by atoms with Crippen molar-refractivity contribution in [3.63, 3.8) is 0 Å². The molecule has 0 spiro atoms. The van der Waals surface area contributed by atoms with Crippen molar-refractivity contribution in [3.8, 4) is 0 Å². The van der Waals surface area contributed by atoms with Crippen LogP contribution in [0.1, 0.15) is 43.4 Å². The number of aromatic nitrogens is 1. The monoisotopic (exact) mass is 300 g/mol. The third-order valence-electron chi connectivity index (χ3n) is 3.60. The standard InChI is InChI=1S/C18H21FN2O/c1-2-5-15(14-7-9-16(19)10-8-14)12-18(22)21-13-17-6-3-4-11-20-17/h3-4,6-11,15H,2,5,12-13H2,1H3,(H,21,22). The summed E-state index contributed by atoms with van der Waals surface area (Å²) in [6.07, 6.45) is 4.00. The highest BCUT2D eigenvalue weighted by molar-refractivity contribution is 5.76. The van der Waals surface area contributed by atoms with Crippen LogP contribution in [0.3, 0.4) is 0 Å². The molecule has 1 aromatic heterocycles. The first-order chi connectivity index (χ1) is 10.7. The van der Waals surface area contributed by atoms with Crippen molar-refractivity contribution in [1.29, 1.82) is 0 Å². The van der Waals surface area contributed by atoms with Crippen molar-refractivity contribution in [2.75, 3.05) is 0 Å². The molecule has 0 bridgehead atoms. The van der Waals surface area contributed by atoms with Crippen LogP contribution in [0, 0.1) is 5.82 Å². The molecule has 116 valence electrons. The summed E-state index contributed by atoms with van der Waals surface area (Å²) < 4.78 is 13.0. The summed E-state index contributed by atoms with van der Waals surface area (Å²) in [5.41, 5.74) is 1.85. The number of hydrogen-bond donors (Lipinski definition) is 1. The smallest absolute Gasteiger partial charge is 0.220 e. The van der Waals surface area contributed by atoms with Gasteiger partial charge in [0.05, 0.1) is 12.2 Å². The molecule has 4 heteroatoms. The number of nitrogens with one attached hydrogen (secondary N) is 1. The molecular weight excluding hydrogens is 279 g/mol. The van der Waals surface area contributed by atoms with Crippen molar-refractivity contribution in [2.24, 2.45) is 0 Å². The Bertz CT molecular complexity index is 584. The molecule has 0 saturated heterocycles. The highest BCUT2D eigenvalue weighted by Crippen LogP contribution is 2.25. The molecule has 2 rings (SSSR count). The SMILES string of the molecule is CCCC(CC(=O)NCc1ccccn1)c1ccc(F)cc1. The molecule has 1 atom stereocenters. The summed E-state index contributed by atoms with van der Waals surface area (Å²) in [5, 5.41) is 2.89. The van der Waals surface area contributed by atoms with Crippen LogP contribution in [0.25, 0.3) is 0 Å². The highest BCUT2D eigenvalue weighted by atomic mass is 19.1. The molecule has 0 aliphatic carbocycles. The summed E-state index contributed by atoms with van der Waals surface area (Å²) in [6.45, 7) is 2.52. The molecule has 0 radical (unpaired) electrons. The molecular formula is C18H21FN2O. The van der Waals surface area contributed by atoms with Crippen LogP contribution in [0.4, 0.5) is 4.39 Å². The molecule has 2 aromatic rings. The van der Waals surface area contributed by atoms with Gasteiger partial charge >= 0.3 is 0 Å². The molecule has 3 nitrogen and oxygen atoms in total. The number of pyridine rings is 1. The summed E-state index contributed by atoms with van der Waals surface area (Å²) >= 11 is 0. The second kappa shape index (κ2) is 8.27. The van der Waals surface area contributed by atoms with Gasteiger partial charge in [-0.3, -0.25) is 9.78 Å². The Kier molecular flexibility index (Phi) is 6.07. The van der Waals surface area contributed by atoms with Crippen LogP contribution >= 0.6 is 0 Å². The number of hydrogen-bond acceptors (Lipinski definition) is 2. The lowest BCUT2D eigenvalue weighted by Crippen LogP contribution is -2.25. The maximum Gasteiger partial charge on any atom is 0.220 e. The van der Waals surface area contributed by atoms with Gasteiger partial charge in [-0.1, -0.05) is 31.5 Å². The van der Waals surface area contributed by atoms with Crippen molar-refractivity contribution in [2.45, 2.75) is 38.6 Å². The topological polar surface area (TPSA) is 42.0 Å². The number of halogens is 1. The number of carbonyl (C=O) groups excluding carboxylic acids is 1. The third kappa shape index (κ3) is 4.95. The van der Waals surface area contributed by atoms with E-state index in [1.807, 2.05) is 18.2 Å². The quantitative estimate of drug-likeness (QED) is 0.845. The van der Waals surface area contributed by atoms with E-state index in [1.54, 1.807) is 18.3 Å². The molecule has 0 aliphatic heterocycles. The first-order valence-corrected chi connectivity index (χ1v) is 7.61. The minimum Gasteiger partial charge on any atom is -0.350 e. The van der Waals surface area contributed by atoms with Crippen LogP contribution in [-0.4, -0.2) is 10.9 Å². The van der Waals surface area contributed by atoms with Crippen molar-refractivity contribution in [1.82, 2.24) is 10.3 Å². The van der Waals surface area contributed by atoms with Gasteiger partial charge < -0.3 is 5.32 Å². The van der Waals surface area contributed by atoms with Crippen LogP contribution in [-0.2, 0) is 11.3 Å². The summed E-state index contributed by atoms with van der Waals surface area (Å²) in [4.78, 5) is 16.3. The van der Waals surface area contributed by atoms with E-state index in [4.69, 9.17) is 0 Å². The lowest BCUT2D eigenvalue weighted by atomic mass is 9.91. The zero-order valence-corrected chi connectivity index (χ0v) is 12.8. The highest BCUT2D eigenvalue weighted by Gasteiger charge is 2.15. The zero-order valence-electron chi connectivity index (χ0n) is 12.8. The molecule has 22 heavy (non-hydrogen) atoms. The fourth-order valence-corrected chi connectivity index (χ4v) is 2.46. The van der Waals surface area contributed by atoms with E-state index in [2.05, 4.69) is 17.2 Å². The molecule has 0 fully saturated rings. The van der Waals surface area contributed by atoms with E-state index < -0.39 is 0 Å². The van der Waals surface area contributed by atoms with Crippen LogP contribution < -0.4 is 5.32 Å². The zero-order chi connectivity index (χ0) is 15.8. The third-order valence-corrected chi connectivity index (χ3v) is 3.60. The Labute approximate surface area is 130 Å². The van der Waals surface area contributed by atoms with Gasteiger partial charge in [0.2, 0.25) is 5.91 Å². The minimum absolute atomic E-state index is 0.00609. The normalized spacial score (nSPS) is 11.9. The minimum atomic E-state index is -0.251.